The molecule has 0 heterocycles. The maximum Gasteiger partial charge on any atom is 0.508 e. The number of hydrogen-bond donors (Lipinski definition) is 0. The summed E-state index contributed by atoms with van der Waals surface area (Å²) in [4.78, 5) is 12.3. The molecule has 3 heteroatoms. The van der Waals surface area contributed by atoms with Crippen LogP contribution in [0.1, 0.15) is 137 Å². The number of fused-ring (bicyclic) bond motifs is 5. The van der Waals surface area contributed by atoms with Crippen molar-refractivity contribution >= 4 is 6.16 Å². The van der Waals surface area contributed by atoms with Gasteiger partial charge in [0, 0.05) is 6.42 Å². The molecule has 206 valence electrons. The number of ether oxygens (including phenoxy) is 2. The van der Waals surface area contributed by atoms with Crippen molar-refractivity contribution in [2.75, 3.05) is 6.61 Å². The van der Waals surface area contributed by atoms with Gasteiger partial charge in [0.15, 0.2) is 0 Å². The Balaban J connectivity index is 1.32. The summed E-state index contributed by atoms with van der Waals surface area (Å²) in [5, 5.41) is 0. The van der Waals surface area contributed by atoms with Gasteiger partial charge in [-0.05, 0) is 91.8 Å². The molecule has 0 aromatic heterocycles. The third kappa shape index (κ3) is 5.85. The molecular formula is C33H56O3. The van der Waals surface area contributed by atoms with Crippen LogP contribution < -0.4 is 0 Å². The lowest BCUT2D eigenvalue weighted by Gasteiger charge is -2.58. The minimum absolute atomic E-state index is 0.00708. The highest BCUT2D eigenvalue weighted by Gasteiger charge is 2.58. The molecular weight excluding hydrogens is 444 g/mol. The van der Waals surface area contributed by atoms with Gasteiger partial charge in [-0.3, -0.25) is 0 Å². The van der Waals surface area contributed by atoms with E-state index in [4.69, 9.17) is 9.47 Å². The first-order valence-electron chi connectivity index (χ1n) is 15.8. The van der Waals surface area contributed by atoms with Crippen molar-refractivity contribution in [3.05, 3.63) is 11.6 Å². The fraction of sp³-hybridized carbons (Fsp3) is 0.909. The minimum atomic E-state index is -0.464. The molecule has 4 aliphatic carbocycles. The van der Waals surface area contributed by atoms with Gasteiger partial charge in [-0.2, -0.15) is 0 Å². The fourth-order valence-corrected chi connectivity index (χ4v) is 8.98. The quantitative estimate of drug-likeness (QED) is 0.161. The maximum atomic E-state index is 12.3. The summed E-state index contributed by atoms with van der Waals surface area (Å²) in [6.07, 6.45) is 23.2. The van der Waals surface area contributed by atoms with E-state index < -0.39 is 6.16 Å². The van der Waals surface area contributed by atoms with Crippen LogP contribution in [0.25, 0.3) is 0 Å². The van der Waals surface area contributed by atoms with E-state index in [0.29, 0.717) is 23.4 Å². The fourth-order valence-electron chi connectivity index (χ4n) is 8.98. The standard InChI is InChI=1S/C33H56O3/c1-6-8-9-10-11-12-13-25-15-17-29-28-16-14-26-22-27(36-31(34)35-23-24(3)7-2)18-20-33(26,5)30(28)19-21-32(25,29)4/h14,24-25,27-30H,6-13,15-23H2,1-5H3/t24-,25+,27+,28+,29+,30+,32-,33+/m1/s1. The molecule has 4 rings (SSSR count). The summed E-state index contributed by atoms with van der Waals surface area (Å²) in [6.45, 7) is 12.2. The Kier molecular flexibility index (Phi) is 9.54. The number of rotatable bonds is 11. The van der Waals surface area contributed by atoms with E-state index in [2.05, 4.69) is 40.7 Å². The lowest BCUT2D eigenvalue weighted by molar-refractivity contribution is -0.0568. The lowest BCUT2D eigenvalue weighted by atomic mass is 9.47. The smallest absolute Gasteiger partial charge is 0.434 e. The van der Waals surface area contributed by atoms with Crippen LogP contribution in [0.2, 0.25) is 0 Å². The van der Waals surface area contributed by atoms with Crippen LogP contribution in [0.5, 0.6) is 0 Å². The van der Waals surface area contributed by atoms with E-state index in [0.717, 1.165) is 49.4 Å². The summed E-state index contributed by atoms with van der Waals surface area (Å²) in [5.74, 6) is 3.95. The third-order valence-electron chi connectivity index (χ3n) is 11.6. The van der Waals surface area contributed by atoms with Crippen molar-refractivity contribution in [3.63, 3.8) is 0 Å². The van der Waals surface area contributed by atoms with Crippen LogP contribution >= 0.6 is 0 Å². The predicted molar refractivity (Wildman–Crippen MR) is 149 cm³/mol. The molecule has 0 bridgehead atoms. The van der Waals surface area contributed by atoms with Gasteiger partial charge in [0.2, 0.25) is 0 Å². The van der Waals surface area contributed by atoms with Crippen molar-refractivity contribution in [1.82, 2.24) is 0 Å². The van der Waals surface area contributed by atoms with Gasteiger partial charge < -0.3 is 9.47 Å². The summed E-state index contributed by atoms with van der Waals surface area (Å²) in [5.41, 5.74) is 2.47. The Bertz CT molecular complexity index is 758. The first-order valence-corrected chi connectivity index (χ1v) is 15.8. The number of allylic oxidation sites excluding steroid dienone is 1. The number of unbranched alkanes of at least 4 members (excludes halogenated alkanes) is 5. The van der Waals surface area contributed by atoms with Gasteiger partial charge in [-0.1, -0.05) is 91.2 Å². The first-order chi connectivity index (χ1) is 17.3. The molecule has 0 amide bonds. The third-order valence-corrected chi connectivity index (χ3v) is 11.6. The van der Waals surface area contributed by atoms with Crippen molar-refractivity contribution in [2.45, 2.75) is 143 Å². The zero-order chi connectivity index (χ0) is 25.8. The molecule has 8 atom stereocenters. The van der Waals surface area contributed by atoms with Crippen LogP contribution in [0.4, 0.5) is 4.79 Å². The van der Waals surface area contributed by atoms with E-state index in [1.165, 1.54) is 77.0 Å². The number of hydrogen-bond acceptors (Lipinski definition) is 3. The molecule has 0 saturated heterocycles. The average molecular weight is 501 g/mol. The Morgan fingerprint density at radius 3 is 2.56 bits per heavy atom. The van der Waals surface area contributed by atoms with Gasteiger partial charge in [0.1, 0.15) is 6.10 Å². The largest absolute Gasteiger partial charge is 0.508 e. The van der Waals surface area contributed by atoms with Crippen molar-refractivity contribution in [2.24, 2.45) is 40.4 Å². The van der Waals surface area contributed by atoms with Crippen molar-refractivity contribution in [1.29, 1.82) is 0 Å². The Morgan fingerprint density at radius 2 is 1.78 bits per heavy atom. The second-order valence-corrected chi connectivity index (χ2v) is 13.7. The van der Waals surface area contributed by atoms with E-state index in [-0.39, 0.29) is 6.10 Å². The molecule has 0 aromatic rings. The van der Waals surface area contributed by atoms with Crippen LogP contribution in [0, 0.1) is 40.4 Å². The normalized spacial score (nSPS) is 38.4. The molecule has 0 N–H and O–H groups in total. The Hall–Kier alpha value is -0.990. The van der Waals surface area contributed by atoms with Crippen LogP contribution in [0.3, 0.4) is 0 Å². The van der Waals surface area contributed by atoms with E-state index in [1.54, 1.807) is 5.57 Å². The highest BCUT2D eigenvalue weighted by atomic mass is 16.7. The van der Waals surface area contributed by atoms with Gasteiger partial charge in [0.25, 0.3) is 0 Å². The second kappa shape index (κ2) is 12.2. The molecule has 0 spiro atoms. The summed E-state index contributed by atoms with van der Waals surface area (Å²) < 4.78 is 11.2. The number of carbonyl (C=O) groups excluding carboxylic acids is 1. The lowest BCUT2D eigenvalue weighted by Crippen LogP contribution is -2.50. The number of carbonyl (C=O) groups is 1. The Morgan fingerprint density at radius 1 is 1.00 bits per heavy atom. The summed E-state index contributed by atoms with van der Waals surface area (Å²) >= 11 is 0. The molecule has 3 nitrogen and oxygen atoms in total. The zero-order valence-corrected chi connectivity index (χ0v) is 24.3. The first kappa shape index (κ1) is 28.0. The zero-order valence-electron chi connectivity index (χ0n) is 24.3. The highest BCUT2D eigenvalue weighted by molar-refractivity contribution is 5.60. The van der Waals surface area contributed by atoms with Crippen molar-refractivity contribution < 1.29 is 14.3 Å². The molecule has 4 aliphatic rings. The van der Waals surface area contributed by atoms with E-state index in [9.17, 15) is 4.79 Å². The van der Waals surface area contributed by atoms with Crippen LogP contribution in [0.15, 0.2) is 11.6 Å². The van der Waals surface area contributed by atoms with Gasteiger partial charge in [-0.25, -0.2) is 4.79 Å². The molecule has 0 aliphatic heterocycles. The Labute approximate surface area is 222 Å². The molecule has 0 unspecified atom stereocenters. The minimum Gasteiger partial charge on any atom is -0.434 e. The highest BCUT2D eigenvalue weighted by Crippen LogP contribution is 2.66. The molecule has 0 aromatic carbocycles. The second-order valence-electron chi connectivity index (χ2n) is 13.7. The van der Waals surface area contributed by atoms with E-state index in [1.807, 2.05) is 0 Å². The van der Waals surface area contributed by atoms with Gasteiger partial charge in [-0.15, -0.1) is 0 Å². The summed E-state index contributed by atoms with van der Waals surface area (Å²) in [6, 6.07) is 0. The summed E-state index contributed by atoms with van der Waals surface area (Å²) in [7, 11) is 0. The monoisotopic (exact) mass is 500 g/mol. The van der Waals surface area contributed by atoms with Crippen LogP contribution in [-0.4, -0.2) is 18.9 Å². The molecule has 3 saturated carbocycles. The topological polar surface area (TPSA) is 35.5 Å². The van der Waals surface area contributed by atoms with Crippen LogP contribution in [-0.2, 0) is 9.47 Å². The predicted octanol–water partition coefficient (Wildman–Crippen LogP) is 9.88. The molecule has 3 fully saturated rings. The molecule has 36 heavy (non-hydrogen) atoms. The van der Waals surface area contributed by atoms with Crippen molar-refractivity contribution in [3.8, 4) is 0 Å². The maximum absolute atomic E-state index is 12.3. The average Bonchev–Trinajstić information content (AvgIpc) is 3.21. The molecule has 0 radical (unpaired) electrons. The van der Waals surface area contributed by atoms with E-state index >= 15 is 0 Å². The van der Waals surface area contributed by atoms with Gasteiger partial charge >= 0.3 is 6.16 Å². The SMILES string of the molecule is CCCCCCCC[C@H]1CC[C@H]2[C@@H]3CC=C4C[C@@H](OC(=O)OC[C@H](C)CC)CC[C@]4(C)[C@H]3CC[C@]12C. The van der Waals surface area contributed by atoms with Gasteiger partial charge in [0.05, 0.1) is 6.61 Å².